The van der Waals surface area contributed by atoms with E-state index in [1.165, 1.54) is 31.2 Å². The predicted molar refractivity (Wildman–Crippen MR) is 75.4 cm³/mol. The van der Waals surface area contributed by atoms with Crippen molar-refractivity contribution in [3.63, 3.8) is 0 Å². The van der Waals surface area contributed by atoms with Gasteiger partial charge in [-0.2, -0.15) is 4.99 Å². The van der Waals surface area contributed by atoms with Crippen molar-refractivity contribution < 1.29 is 25.2 Å². The Morgan fingerprint density at radius 3 is 2.86 bits per heavy atom. The molecule has 0 aliphatic heterocycles. The standard InChI is InChI=1S/C14H14ClNO5/c1-3-20-13(18)6-9(2)21-14(19)11-7-10(16-8-17)4-5-12(11)15/h4-5,7,9H,3,6H2,1-2H3/t9-/m0/s1/i9D. The SMILES string of the molecule is [2H][C@](C)(CC(=O)OCC)OC(=O)c1cc(N=C=O)ccc1Cl. The molecule has 0 bridgehead atoms. The monoisotopic (exact) mass is 312 g/mol. The molecule has 112 valence electrons. The van der Waals surface area contributed by atoms with E-state index in [1.807, 2.05) is 0 Å². The van der Waals surface area contributed by atoms with Crippen molar-refractivity contribution in [3.8, 4) is 0 Å². The molecule has 0 aliphatic carbocycles. The first-order valence-corrected chi connectivity index (χ1v) is 6.43. The Morgan fingerprint density at radius 2 is 2.24 bits per heavy atom. The fraction of sp³-hybridized carbons (Fsp3) is 0.357. The third-order valence-electron chi connectivity index (χ3n) is 2.31. The van der Waals surface area contributed by atoms with Crippen molar-refractivity contribution in [1.82, 2.24) is 0 Å². The Labute approximate surface area is 128 Å². The number of rotatable bonds is 6. The maximum absolute atomic E-state index is 12.1. The summed E-state index contributed by atoms with van der Waals surface area (Å²) in [6, 6.07) is 4.01. The van der Waals surface area contributed by atoms with Gasteiger partial charge >= 0.3 is 11.9 Å². The third kappa shape index (κ3) is 5.38. The molecule has 0 amide bonds. The van der Waals surface area contributed by atoms with Crippen LogP contribution in [0.1, 0.15) is 32.0 Å². The lowest BCUT2D eigenvalue weighted by atomic mass is 10.2. The molecule has 1 rings (SSSR count). The summed E-state index contributed by atoms with van der Waals surface area (Å²) >= 11 is 5.88. The molecule has 0 saturated heterocycles. The lowest BCUT2D eigenvalue weighted by molar-refractivity contribution is -0.145. The number of carbonyl (C=O) groups is 2. The molecular formula is C14H14ClNO5. The molecule has 0 saturated carbocycles. The topological polar surface area (TPSA) is 82.0 Å². The smallest absolute Gasteiger partial charge is 0.340 e. The van der Waals surface area contributed by atoms with Crippen molar-refractivity contribution in [2.45, 2.75) is 26.3 Å². The number of esters is 2. The van der Waals surface area contributed by atoms with E-state index < -0.39 is 24.4 Å². The molecule has 0 spiro atoms. The van der Waals surface area contributed by atoms with E-state index in [-0.39, 0.29) is 22.9 Å². The van der Waals surface area contributed by atoms with E-state index in [2.05, 4.69) is 4.99 Å². The summed E-state index contributed by atoms with van der Waals surface area (Å²) in [6.45, 7) is 3.05. The van der Waals surface area contributed by atoms with Crippen LogP contribution in [-0.2, 0) is 19.1 Å². The van der Waals surface area contributed by atoms with Crippen LogP contribution in [0, 0.1) is 0 Å². The van der Waals surface area contributed by atoms with E-state index in [0.717, 1.165) is 0 Å². The van der Waals surface area contributed by atoms with Crippen molar-refractivity contribution in [3.05, 3.63) is 28.8 Å². The Hall–Kier alpha value is -2.17. The molecule has 0 radical (unpaired) electrons. The molecule has 0 aromatic heterocycles. The molecule has 6 nitrogen and oxygen atoms in total. The zero-order valence-corrected chi connectivity index (χ0v) is 12.3. The molecule has 1 atom stereocenters. The minimum atomic E-state index is -1.81. The van der Waals surface area contributed by atoms with Crippen LogP contribution in [0.15, 0.2) is 23.2 Å². The van der Waals surface area contributed by atoms with E-state index in [1.54, 1.807) is 6.92 Å². The van der Waals surface area contributed by atoms with Gasteiger partial charge in [-0.05, 0) is 32.0 Å². The van der Waals surface area contributed by atoms with Gasteiger partial charge in [-0.3, -0.25) is 4.79 Å². The number of hydrogen-bond acceptors (Lipinski definition) is 6. The molecular weight excluding hydrogens is 298 g/mol. The molecule has 1 aromatic carbocycles. The Kier molecular flexibility index (Phi) is 5.94. The quantitative estimate of drug-likeness (QED) is 0.458. The first kappa shape index (κ1) is 15.2. The van der Waals surface area contributed by atoms with Gasteiger partial charge in [-0.1, -0.05) is 11.6 Å². The Balaban J connectivity index is 2.90. The molecule has 0 heterocycles. The average Bonchev–Trinajstić information content (AvgIpc) is 2.40. The zero-order chi connectivity index (χ0) is 16.8. The van der Waals surface area contributed by atoms with Gasteiger partial charge in [0.15, 0.2) is 0 Å². The van der Waals surface area contributed by atoms with Gasteiger partial charge in [0.2, 0.25) is 6.08 Å². The first-order chi connectivity index (χ1) is 10.3. The minimum Gasteiger partial charge on any atom is -0.466 e. The fourth-order valence-electron chi connectivity index (χ4n) is 1.46. The minimum absolute atomic E-state index is 0.0690. The first-order valence-electron chi connectivity index (χ1n) is 6.55. The predicted octanol–water partition coefficient (Wildman–Crippen LogP) is 2.81. The van der Waals surface area contributed by atoms with Crippen LogP contribution in [-0.4, -0.2) is 30.7 Å². The van der Waals surface area contributed by atoms with Crippen LogP contribution in [0.3, 0.4) is 0 Å². The van der Waals surface area contributed by atoms with E-state index in [9.17, 15) is 14.4 Å². The van der Waals surface area contributed by atoms with Crippen molar-refractivity contribution in [2.24, 2.45) is 4.99 Å². The molecule has 7 heteroatoms. The number of ether oxygens (including phenoxy) is 2. The highest BCUT2D eigenvalue weighted by Gasteiger charge is 2.18. The average molecular weight is 313 g/mol. The fourth-order valence-corrected chi connectivity index (χ4v) is 1.65. The summed E-state index contributed by atoms with van der Waals surface area (Å²) in [6.07, 6.45) is -0.890. The Morgan fingerprint density at radius 1 is 1.52 bits per heavy atom. The van der Waals surface area contributed by atoms with Crippen LogP contribution in [0.4, 0.5) is 5.69 Å². The summed E-state index contributed by atoms with van der Waals surface area (Å²) in [5.41, 5.74) is 0.101. The van der Waals surface area contributed by atoms with Crippen LogP contribution < -0.4 is 0 Å². The molecule has 0 aliphatic rings. The Bertz CT molecular complexity index is 626. The van der Waals surface area contributed by atoms with Gasteiger partial charge in [0.25, 0.3) is 0 Å². The number of nitrogens with zero attached hydrogens (tertiary/aromatic N) is 1. The number of aliphatic imine (C=N–C) groups is 1. The third-order valence-corrected chi connectivity index (χ3v) is 2.64. The number of isocyanates is 1. The summed E-state index contributed by atoms with van der Waals surface area (Å²) < 4.78 is 17.5. The van der Waals surface area contributed by atoms with Gasteiger partial charge in [0.05, 0.1) is 30.7 Å². The summed E-state index contributed by atoms with van der Waals surface area (Å²) in [5, 5.41) is 0.0711. The van der Waals surface area contributed by atoms with Gasteiger partial charge in [0.1, 0.15) is 6.08 Å². The van der Waals surface area contributed by atoms with Gasteiger partial charge in [0, 0.05) is 0 Å². The maximum Gasteiger partial charge on any atom is 0.340 e. The van der Waals surface area contributed by atoms with Gasteiger partial charge < -0.3 is 9.47 Å². The maximum atomic E-state index is 12.1. The van der Waals surface area contributed by atoms with Crippen LogP contribution in [0.2, 0.25) is 5.02 Å². The highest BCUT2D eigenvalue weighted by atomic mass is 35.5. The van der Waals surface area contributed by atoms with Crippen molar-refractivity contribution in [1.29, 1.82) is 0 Å². The normalized spacial score (nSPS) is 13.4. The largest absolute Gasteiger partial charge is 0.466 e. The van der Waals surface area contributed by atoms with E-state index >= 15 is 0 Å². The van der Waals surface area contributed by atoms with E-state index in [4.69, 9.17) is 22.4 Å². The van der Waals surface area contributed by atoms with Crippen LogP contribution >= 0.6 is 11.6 Å². The van der Waals surface area contributed by atoms with Gasteiger partial charge in [-0.15, -0.1) is 0 Å². The number of carbonyl (C=O) groups excluding carboxylic acids is 3. The summed E-state index contributed by atoms with van der Waals surface area (Å²) in [7, 11) is 0. The zero-order valence-electron chi connectivity index (χ0n) is 12.5. The number of benzene rings is 1. The molecule has 21 heavy (non-hydrogen) atoms. The second-order valence-corrected chi connectivity index (χ2v) is 4.35. The second-order valence-electron chi connectivity index (χ2n) is 3.94. The highest BCUT2D eigenvalue weighted by Crippen LogP contribution is 2.23. The highest BCUT2D eigenvalue weighted by molar-refractivity contribution is 6.33. The van der Waals surface area contributed by atoms with Crippen LogP contribution in [0.5, 0.6) is 0 Å². The van der Waals surface area contributed by atoms with Crippen LogP contribution in [0.25, 0.3) is 0 Å². The summed E-state index contributed by atoms with van der Waals surface area (Å²) in [5.74, 6) is -1.56. The number of halogens is 1. The van der Waals surface area contributed by atoms with Crippen molar-refractivity contribution >= 4 is 35.3 Å². The lowest BCUT2D eigenvalue weighted by Gasteiger charge is -2.13. The van der Waals surface area contributed by atoms with E-state index in [0.29, 0.717) is 0 Å². The summed E-state index contributed by atoms with van der Waals surface area (Å²) in [4.78, 5) is 37.0. The number of hydrogen-bond donors (Lipinski definition) is 0. The van der Waals surface area contributed by atoms with Gasteiger partial charge in [-0.25, -0.2) is 9.59 Å². The second kappa shape index (κ2) is 8.19. The molecule has 1 aromatic rings. The molecule has 0 unspecified atom stereocenters. The van der Waals surface area contributed by atoms with Crippen molar-refractivity contribution in [2.75, 3.05) is 6.61 Å². The molecule has 0 fully saturated rings. The lowest BCUT2D eigenvalue weighted by Crippen LogP contribution is -2.20. The molecule has 0 N–H and O–H groups in total.